The van der Waals surface area contributed by atoms with Crippen molar-refractivity contribution in [2.45, 2.75) is 24.4 Å². The fourth-order valence-corrected chi connectivity index (χ4v) is 3.79. The molecule has 2 aliphatic heterocycles. The number of esters is 1. The van der Waals surface area contributed by atoms with Crippen molar-refractivity contribution in [3.05, 3.63) is 84.2 Å². The molecule has 6 nitrogen and oxygen atoms in total. The second-order valence-electron chi connectivity index (χ2n) is 6.39. The van der Waals surface area contributed by atoms with Gasteiger partial charge in [0.1, 0.15) is 30.3 Å². The Balaban J connectivity index is 1.61. The van der Waals surface area contributed by atoms with Gasteiger partial charge in [0.2, 0.25) is 0 Å². The number of rotatable bonds is 3. The molecule has 3 aromatic rings. The van der Waals surface area contributed by atoms with E-state index in [0.29, 0.717) is 11.5 Å². The molecule has 4 atom stereocenters. The second kappa shape index (κ2) is 6.16. The summed E-state index contributed by atoms with van der Waals surface area (Å²) in [6.07, 6.45) is 2.13. The van der Waals surface area contributed by atoms with Crippen molar-refractivity contribution < 1.29 is 23.1 Å². The quantitative estimate of drug-likeness (QED) is 0.672. The Morgan fingerprint density at radius 3 is 2.31 bits per heavy atom. The summed E-state index contributed by atoms with van der Waals surface area (Å²) in [7, 11) is 0. The van der Waals surface area contributed by atoms with Gasteiger partial charge in [0.05, 0.1) is 18.6 Å². The molecule has 2 aliphatic rings. The average Bonchev–Trinajstić information content (AvgIpc) is 3.42. The highest BCUT2D eigenvalue weighted by atomic mass is 16.6. The van der Waals surface area contributed by atoms with E-state index in [1.165, 1.54) is 0 Å². The molecule has 0 saturated carbocycles. The van der Waals surface area contributed by atoms with Gasteiger partial charge in [-0.2, -0.15) is 0 Å². The lowest BCUT2D eigenvalue weighted by Gasteiger charge is -2.38. The molecular formula is C20H17NO5. The molecule has 2 fully saturated rings. The Morgan fingerprint density at radius 2 is 1.62 bits per heavy atom. The van der Waals surface area contributed by atoms with Crippen LogP contribution in [0.1, 0.15) is 35.5 Å². The fourth-order valence-electron chi connectivity index (χ4n) is 3.79. The molecule has 0 N–H and O–H groups in total. The maximum absolute atomic E-state index is 12.7. The molecule has 0 radical (unpaired) electrons. The summed E-state index contributed by atoms with van der Waals surface area (Å²) in [5, 5.41) is 0. The Kier molecular flexibility index (Phi) is 3.65. The van der Waals surface area contributed by atoms with E-state index >= 15 is 0 Å². The molecule has 132 valence electrons. The highest BCUT2D eigenvalue weighted by Gasteiger charge is 2.55. The molecule has 0 amide bonds. The van der Waals surface area contributed by atoms with Gasteiger partial charge in [0.25, 0.3) is 0 Å². The van der Waals surface area contributed by atoms with Crippen molar-refractivity contribution >= 4 is 5.97 Å². The van der Waals surface area contributed by atoms with E-state index in [0.717, 1.165) is 5.56 Å². The number of cyclic esters (lactones) is 1. The number of ether oxygens (including phenoxy) is 2. The monoisotopic (exact) mass is 351 g/mol. The van der Waals surface area contributed by atoms with E-state index < -0.39 is 18.4 Å². The lowest BCUT2D eigenvalue weighted by Crippen LogP contribution is -2.49. The van der Waals surface area contributed by atoms with E-state index in [-0.39, 0.29) is 18.6 Å². The number of morpholine rings is 1. The molecule has 2 saturated heterocycles. The Hall–Kier alpha value is -2.83. The highest BCUT2D eigenvalue weighted by molar-refractivity contribution is 5.78. The third-order valence-electron chi connectivity index (χ3n) is 4.93. The number of benzene rings is 1. The molecule has 26 heavy (non-hydrogen) atoms. The second-order valence-corrected chi connectivity index (χ2v) is 6.39. The molecule has 1 aromatic carbocycles. The first-order valence-corrected chi connectivity index (χ1v) is 8.54. The summed E-state index contributed by atoms with van der Waals surface area (Å²) in [5.74, 6) is 0.937. The van der Waals surface area contributed by atoms with Crippen LogP contribution in [0.15, 0.2) is 76.0 Å². The van der Waals surface area contributed by atoms with E-state index in [9.17, 15) is 4.79 Å². The summed E-state index contributed by atoms with van der Waals surface area (Å²) >= 11 is 0. The van der Waals surface area contributed by atoms with Crippen LogP contribution in [0.4, 0.5) is 0 Å². The van der Waals surface area contributed by atoms with E-state index in [1.807, 2.05) is 53.4 Å². The van der Waals surface area contributed by atoms with E-state index in [1.54, 1.807) is 18.6 Å². The number of nitrogens with zero attached hydrogens (tertiary/aromatic N) is 1. The Labute approximate surface area is 149 Å². The molecule has 5 rings (SSSR count). The van der Waals surface area contributed by atoms with Crippen LogP contribution in [-0.2, 0) is 14.3 Å². The maximum atomic E-state index is 12.7. The van der Waals surface area contributed by atoms with E-state index in [2.05, 4.69) is 0 Å². The number of fused-ring (bicyclic) bond motifs is 1. The standard InChI is InChI=1S/C20H17NO5/c22-20-17-18(15-8-4-10-23-15)26-19(16-9-5-11-24-16)21(17)14(12-25-20)13-6-2-1-3-7-13/h1-11,14,17-19H,12H2/t14-,17+,18-,19+/m1/s1. The summed E-state index contributed by atoms with van der Waals surface area (Å²) in [4.78, 5) is 14.7. The zero-order valence-corrected chi connectivity index (χ0v) is 13.9. The van der Waals surface area contributed by atoms with Gasteiger partial charge < -0.3 is 18.3 Å². The van der Waals surface area contributed by atoms with Gasteiger partial charge in [-0.3, -0.25) is 4.79 Å². The van der Waals surface area contributed by atoms with Crippen LogP contribution < -0.4 is 0 Å². The van der Waals surface area contributed by atoms with Gasteiger partial charge in [-0.25, -0.2) is 4.90 Å². The van der Waals surface area contributed by atoms with Gasteiger partial charge in [-0.1, -0.05) is 30.3 Å². The largest absolute Gasteiger partial charge is 0.467 e. The number of carbonyl (C=O) groups excluding carboxylic acids is 1. The fraction of sp³-hybridized carbons (Fsp3) is 0.250. The summed E-state index contributed by atoms with van der Waals surface area (Å²) in [6.45, 7) is 0.269. The summed E-state index contributed by atoms with van der Waals surface area (Å²) < 4.78 is 22.9. The SMILES string of the molecule is O=C1OC[C@H](c2ccccc2)N2[C@H]1[C@@H](c1ccco1)O[C@H]2c1ccco1. The average molecular weight is 351 g/mol. The smallest absolute Gasteiger partial charge is 0.326 e. The molecular weight excluding hydrogens is 334 g/mol. The van der Waals surface area contributed by atoms with Crippen LogP contribution in [0.25, 0.3) is 0 Å². The normalized spacial score (nSPS) is 28.7. The number of hydrogen-bond acceptors (Lipinski definition) is 6. The molecule has 0 unspecified atom stereocenters. The molecule has 0 bridgehead atoms. The van der Waals surface area contributed by atoms with Crippen LogP contribution >= 0.6 is 0 Å². The zero-order valence-electron chi connectivity index (χ0n) is 13.9. The van der Waals surface area contributed by atoms with Gasteiger partial charge in [0.15, 0.2) is 6.23 Å². The molecule has 4 heterocycles. The number of hydrogen-bond donors (Lipinski definition) is 0. The van der Waals surface area contributed by atoms with Crippen molar-refractivity contribution in [2.75, 3.05) is 6.61 Å². The number of furan rings is 2. The zero-order chi connectivity index (χ0) is 17.5. The lowest BCUT2D eigenvalue weighted by molar-refractivity contribution is -0.163. The topological polar surface area (TPSA) is 65.0 Å². The van der Waals surface area contributed by atoms with Gasteiger partial charge in [0, 0.05) is 0 Å². The number of carbonyl (C=O) groups is 1. The van der Waals surface area contributed by atoms with Crippen LogP contribution in [0, 0.1) is 0 Å². The third-order valence-corrected chi connectivity index (χ3v) is 4.93. The lowest BCUT2D eigenvalue weighted by atomic mass is 9.99. The molecule has 0 spiro atoms. The minimum absolute atomic E-state index is 0.131. The van der Waals surface area contributed by atoms with Gasteiger partial charge in [-0.15, -0.1) is 0 Å². The minimum atomic E-state index is -0.602. The first-order chi connectivity index (χ1) is 12.8. The first kappa shape index (κ1) is 15.4. The van der Waals surface area contributed by atoms with Crippen molar-refractivity contribution in [1.82, 2.24) is 4.90 Å². The Bertz CT molecular complexity index is 874. The predicted octanol–water partition coefficient (Wildman–Crippen LogP) is 3.61. The van der Waals surface area contributed by atoms with Gasteiger partial charge in [-0.05, 0) is 29.8 Å². The van der Waals surface area contributed by atoms with Crippen LogP contribution in [0.2, 0.25) is 0 Å². The van der Waals surface area contributed by atoms with Crippen molar-refractivity contribution in [1.29, 1.82) is 0 Å². The van der Waals surface area contributed by atoms with Crippen molar-refractivity contribution in [2.24, 2.45) is 0 Å². The van der Waals surface area contributed by atoms with Crippen molar-refractivity contribution in [3.8, 4) is 0 Å². The highest BCUT2D eigenvalue weighted by Crippen LogP contribution is 2.49. The third kappa shape index (κ3) is 2.38. The van der Waals surface area contributed by atoms with Crippen LogP contribution in [0.5, 0.6) is 0 Å². The predicted molar refractivity (Wildman–Crippen MR) is 89.8 cm³/mol. The van der Waals surface area contributed by atoms with Crippen molar-refractivity contribution in [3.63, 3.8) is 0 Å². The molecule has 6 heteroatoms. The molecule has 2 aromatic heterocycles. The minimum Gasteiger partial charge on any atom is -0.467 e. The summed E-state index contributed by atoms with van der Waals surface area (Å²) in [6, 6.07) is 16.5. The van der Waals surface area contributed by atoms with E-state index in [4.69, 9.17) is 18.3 Å². The Morgan fingerprint density at radius 1 is 0.885 bits per heavy atom. The maximum Gasteiger partial charge on any atom is 0.326 e. The van der Waals surface area contributed by atoms with Crippen LogP contribution in [-0.4, -0.2) is 23.5 Å². The molecule has 0 aliphatic carbocycles. The first-order valence-electron chi connectivity index (χ1n) is 8.54. The summed E-state index contributed by atoms with van der Waals surface area (Å²) in [5.41, 5.74) is 1.06. The van der Waals surface area contributed by atoms with Gasteiger partial charge >= 0.3 is 5.97 Å². The van der Waals surface area contributed by atoms with Crippen LogP contribution in [0.3, 0.4) is 0 Å².